The third kappa shape index (κ3) is 4.79. The number of thiazole rings is 1. The van der Waals surface area contributed by atoms with E-state index in [1.807, 2.05) is 6.92 Å². The zero-order chi connectivity index (χ0) is 19.4. The lowest BCUT2D eigenvalue weighted by Gasteiger charge is -2.05. The van der Waals surface area contributed by atoms with Crippen LogP contribution in [-0.2, 0) is 11.2 Å². The highest BCUT2D eigenvalue weighted by atomic mass is 32.1. The standard InChI is InChI=1S/C19H16F2N2O3S/c1-11-17(12-6-8-14(9-7-12)26-18(20)21)23-19(27-11)22-16(25)10-13-4-2-3-5-15(13)24/h2-9,18,24H,10H2,1H3,(H,22,23,25). The van der Waals surface area contributed by atoms with Crippen molar-refractivity contribution in [1.82, 2.24) is 4.98 Å². The Labute approximate surface area is 158 Å². The molecular formula is C19H16F2N2O3S. The molecule has 0 radical (unpaired) electrons. The zero-order valence-corrected chi connectivity index (χ0v) is 15.1. The van der Waals surface area contributed by atoms with Gasteiger partial charge >= 0.3 is 6.61 Å². The molecule has 27 heavy (non-hydrogen) atoms. The number of rotatable bonds is 6. The summed E-state index contributed by atoms with van der Waals surface area (Å²) in [6, 6.07) is 12.8. The molecule has 2 N–H and O–H groups in total. The van der Waals surface area contributed by atoms with E-state index >= 15 is 0 Å². The number of ether oxygens (including phenoxy) is 1. The third-order valence-corrected chi connectivity index (χ3v) is 4.62. The molecule has 3 rings (SSSR count). The fraction of sp³-hybridized carbons (Fsp3) is 0.158. The highest BCUT2D eigenvalue weighted by Gasteiger charge is 2.14. The number of anilines is 1. The van der Waals surface area contributed by atoms with E-state index in [1.165, 1.54) is 29.5 Å². The summed E-state index contributed by atoms with van der Waals surface area (Å²) in [5.74, 6) is -0.162. The lowest BCUT2D eigenvalue weighted by atomic mass is 10.1. The summed E-state index contributed by atoms with van der Waals surface area (Å²) in [5, 5.41) is 12.9. The molecule has 0 aliphatic rings. The fourth-order valence-corrected chi connectivity index (χ4v) is 3.36. The first-order valence-electron chi connectivity index (χ1n) is 8.02. The molecule has 0 saturated heterocycles. The minimum Gasteiger partial charge on any atom is -0.508 e. The number of aromatic hydroxyl groups is 1. The number of halogens is 2. The van der Waals surface area contributed by atoms with Crippen molar-refractivity contribution in [1.29, 1.82) is 0 Å². The summed E-state index contributed by atoms with van der Waals surface area (Å²) in [6.45, 7) is -1.02. The molecule has 0 saturated carbocycles. The highest BCUT2D eigenvalue weighted by molar-refractivity contribution is 7.16. The number of benzene rings is 2. The van der Waals surface area contributed by atoms with E-state index in [4.69, 9.17) is 0 Å². The lowest BCUT2D eigenvalue weighted by molar-refractivity contribution is -0.115. The van der Waals surface area contributed by atoms with Crippen LogP contribution in [0, 0.1) is 6.92 Å². The minimum atomic E-state index is -2.87. The molecule has 140 valence electrons. The average molecular weight is 390 g/mol. The quantitative estimate of drug-likeness (QED) is 0.645. The van der Waals surface area contributed by atoms with Gasteiger partial charge in [0.2, 0.25) is 5.91 Å². The Morgan fingerprint density at radius 2 is 1.93 bits per heavy atom. The second-order valence-electron chi connectivity index (χ2n) is 5.68. The van der Waals surface area contributed by atoms with E-state index in [9.17, 15) is 18.7 Å². The molecule has 1 heterocycles. The Morgan fingerprint density at radius 1 is 1.22 bits per heavy atom. The van der Waals surface area contributed by atoms with E-state index in [0.717, 1.165) is 10.4 Å². The van der Waals surface area contributed by atoms with Gasteiger partial charge in [0, 0.05) is 16.0 Å². The van der Waals surface area contributed by atoms with Crippen molar-refractivity contribution in [2.45, 2.75) is 20.0 Å². The topological polar surface area (TPSA) is 71.5 Å². The number of aryl methyl sites for hydroxylation is 1. The molecule has 0 aliphatic heterocycles. The van der Waals surface area contributed by atoms with Gasteiger partial charge in [-0.05, 0) is 37.3 Å². The number of nitrogens with zero attached hydrogens (tertiary/aromatic N) is 1. The Hall–Kier alpha value is -3.00. The average Bonchev–Trinajstić information content (AvgIpc) is 2.97. The van der Waals surface area contributed by atoms with E-state index in [2.05, 4.69) is 15.0 Å². The van der Waals surface area contributed by atoms with Gasteiger partial charge in [0.05, 0.1) is 12.1 Å². The number of phenolic OH excluding ortho intramolecular Hbond substituents is 1. The van der Waals surface area contributed by atoms with Gasteiger partial charge in [0.25, 0.3) is 0 Å². The van der Waals surface area contributed by atoms with Crippen LogP contribution in [0.15, 0.2) is 48.5 Å². The molecule has 3 aromatic rings. The molecule has 0 fully saturated rings. The molecule has 2 aromatic carbocycles. The summed E-state index contributed by atoms with van der Waals surface area (Å²) in [7, 11) is 0. The van der Waals surface area contributed by atoms with Crippen LogP contribution in [0.5, 0.6) is 11.5 Å². The second-order valence-corrected chi connectivity index (χ2v) is 6.88. The number of phenols is 1. The number of alkyl halides is 2. The fourth-order valence-electron chi connectivity index (χ4n) is 2.51. The first-order chi connectivity index (χ1) is 12.9. The van der Waals surface area contributed by atoms with Crippen LogP contribution in [0.25, 0.3) is 11.3 Å². The lowest BCUT2D eigenvalue weighted by Crippen LogP contribution is -2.14. The predicted octanol–water partition coefficient (Wildman–Crippen LogP) is 4.61. The van der Waals surface area contributed by atoms with Crippen molar-refractivity contribution in [3.8, 4) is 22.8 Å². The maximum absolute atomic E-state index is 12.2. The van der Waals surface area contributed by atoms with E-state index in [1.54, 1.807) is 30.3 Å². The van der Waals surface area contributed by atoms with E-state index in [0.29, 0.717) is 16.4 Å². The van der Waals surface area contributed by atoms with Crippen LogP contribution in [0.2, 0.25) is 0 Å². The number of para-hydroxylation sites is 1. The Bertz CT molecular complexity index is 942. The van der Waals surface area contributed by atoms with Crippen LogP contribution < -0.4 is 10.1 Å². The number of carbonyl (C=O) groups is 1. The maximum atomic E-state index is 12.2. The summed E-state index contributed by atoms with van der Waals surface area (Å²) in [6.07, 6.45) is 0.0281. The first-order valence-corrected chi connectivity index (χ1v) is 8.83. The van der Waals surface area contributed by atoms with Crippen molar-refractivity contribution >= 4 is 22.4 Å². The SMILES string of the molecule is Cc1sc(NC(=O)Cc2ccccc2O)nc1-c1ccc(OC(F)F)cc1. The third-order valence-electron chi connectivity index (χ3n) is 3.74. The van der Waals surface area contributed by atoms with Crippen molar-refractivity contribution in [2.24, 2.45) is 0 Å². The maximum Gasteiger partial charge on any atom is 0.387 e. The number of nitrogens with one attached hydrogen (secondary N) is 1. The molecule has 5 nitrogen and oxygen atoms in total. The molecule has 0 spiro atoms. The Balaban J connectivity index is 1.70. The second kappa shape index (κ2) is 8.13. The Kier molecular flexibility index (Phi) is 5.66. The molecule has 0 aliphatic carbocycles. The summed E-state index contributed by atoms with van der Waals surface area (Å²) in [5.41, 5.74) is 1.91. The summed E-state index contributed by atoms with van der Waals surface area (Å²) < 4.78 is 28.8. The van der Waals surface area contributed by atoms with Crippen molar-refractivity contribution in [2.75, 3.05) is 5.32 Å². The highest BCUT2D eigenvalue weighted by Crippen LogP contribution is 2.31. The van der Waals surface area contributed by atoms with Gasteiger partial charge in [-0.15, -0.1) is 11.3 Å². The normalized spacial score (nSPS) is 10.8. The van der Waals surface area contributed by atoms with Crippen molar-refractivity contribution in [3.05, 3.63) is 59.0 Å². The van der Waals surface area contributed by atoms with Gasteiger partial charge in [0.15, 0.2) is 5.13 Å². The predicted molar refractivity (Wildman–Crippen MR) is 99.4 cm³/mol. The zero-order valence-electron chi connectivity index (χ0n) is 14.3. The van der Waals surface area contributed by atoms with Crippen molar-refractivity contribution in [3.63, 3.8) is 0 Å². The van der Waals surface area contributed by atoms with E-state index in [-0.39, 0.29) is 23.8 Å². The van der Waals surface area contributed by atoms with Gasteiger partial charge < -0.3 is 15.2 Å². The number of hydrogen-bond acceptors (Lipinski definition) is 5. The number of amides is 1. The van der Waals surface area contributed by atoms with Gasteiger partial charge in [0.1, 0.15) is 11.5 Å². The summed E-state index contributed by atoms with van der Waals surface area (Å²) in [4.78, 5) is 17.5. The number of aromatic nitrogens is 1. The van der Waals surface area contributed by atoms with Gasteiger partial charge in [-0.3, -0.25) is 4.79 Å². The number of carbonyl (C=O) groups excluding carboxylic acids is 1. The number of hydrogen-bond donors (Lipinski definition) is 2. The first kappa shape index (κ1) is 18.8. The van der Waals surface area contributed by atoms with Gasteiger partial charge in [-0.25, -0.2) is 4.98 Å². The van der Waals surface area contributed by atoms with Crippen LogP contribution in [0.1, 0.15) is 10.4 Å². The van der Waals surface area contributed by atoms with Crippen LogP contribution in [0.4, 0.5) is 13.9 Å². The molecule has 0 bridgehead atoms. The molecule has 0 unspecified atom stereocenters. The van der Waals surface area contributed by atoms with Crippen LogP contribution in [-0.4, -0.2) is 22.6 Å². The molecule has 1 aromatic heterocycles. The van der Waals surface area contributed by atoms with Crippen molar-refractivity contribution < 1.29 is 23.4 Å². The molecule has 0 atom stereocenters. The van der Waals surface area contributed by atoms with Crippen LogP contribution >= 0.6 is 11.3 Å². The molecule has 1 amide bonds. The molecule has 8 heteroatoms. The smallest absolute Gasteiger partial charge is 0.387 e. The minimum absolute atomic E-state index is 0.0281. The van der Waals surface area contributed by atoms with Crippen LogP contribution in [0.3, 0.4) is 0 Å². The Morgan fingerprint density at radius 3 is 2.59 bits per heavy atom. The molecular weight excluding hydrogens is 374 g/mol. The van der Waals surface area contributed by atoms with Gasteiger partial charge in [-0.2, -0.15) is 8.78 Å². The monoisotopic (exact) mass is 390 g/mol. The largest absolute Gasteiger partial charge is 0.508 e. The summed E-state index contributed by atoms with van der Waals surface area (Å²) >= 11 is 1.31. The van der Waals surface area contributed by atoms with Gasteiger partial charge in [-0.1, -0.05) is 18.2 Å². The van der Waals surface area contributed by atoms with E-state index < -0.39 is 6.61 Å².